The monoisotopic (exact) mass is 264 g/mol. The zero-order valence-corrected chi connectivity index (χ0v) is 12.5. The Morgan fingerprint density at radius 1 is 1.11 bits per heavy atom. The fourth-order valence-electron chi connectivity index (χ4n) is 3.83. The first-order valence-electron chi connectivity index (χ1n) is 8.16. The number of rotatable bonds is 4. The van der Waals surface area contributed by atoms with Gasteiger partial charge in [0.05, 0.1) is 0 Å². The van der Waals surface area contributed by atoms with Crippen molar-refractivity contribution in [2.45, 2.75) is 77.7 Å². The highest BCUT2D eigenvalue weighted by atomic mass is 16.5. The van der Waals surface area contributed by atoms with Crippen molar-refractivity contribution in [1.29, 1.82) is 0 Å². The summed E-state index contributed by atoms with van der Waals surface area (Å²) >= 11 is 0. The number of ether oxygens (including phenoxy) is 1. The van der Waals surface area contributed by atoms with E-state index in [1.807, 2.05) is 13.0 Å². The molecule has 0 bridgehead atoms. The molecule has 0 spiro atoms. The molecule has 2 aliphatic rings. The molecule has 0 radical (unpaired) electrons. The summed E-state index contributed by atoms with van der Waals surface area (Å²) in [5.41, 5.74) is 0.861. The van der Waals surface area contributed by atoms with E-state index >= 15 is 0 Å². The molecule has 0 aromatic heterocycles. The number of hydrogen-bond acceptors (Lipinski definition) is 2. The maximum atomic E-state index is 12.2. The van der Waals surface area contributed by atoms with Crippen LogP contribution >= 0.6 is 0 Å². The van der Waals surface area contributed by atoms with E-state index in [4.69, 9.17) is 4.74 Å². The first-order chi connectivity index (χ1) is 9.26. The number of hydrogen-bond donors (Lipinski definition) is 0. The van der Waals surface area contributed by atoms with Crippen LogP contribution in [0, 0.1) is 11.8 Å². The molecular formula is C17H28O2. The fraction of sp³-hybridized carbons (Fsp3) is 0.824. The van der Waals surface area contributed by atoms with E-state index in [2.05, 4.69) is 6.92 Å². The molecule has 3 unspecified atom stereocenters. The van der Waals surface area contributed by atoms with Crippen LogP contribution in [0.25, 0.3) is 0 Å². The quantitative estimate of drug-likeness (QED) is 0.546. The van der Waals surface area contributed by atoms with Gasteiger partial charge in [-0.15, -0.1) is 0 Å². The molecule has 19 heavy (non-hydrogen) atoms. The number of carbonyl (C=O) groups excluding carboxylic acids is 1. The lowest BCUT2D eigenvalue weighted by Crippen LogP contribution is -2.25. The summed E-state index contributed by atoms with van der Waals surface area (Å²) in [6.07, 6.45) is 12.9. The summed E-state index contributed by atoms with van der Waals surface area (Å²) in [5, 5.41) is 0. The van der Waals surface area contributed by atoms with Crippen molar-refractivity contribution in [3.05, 3.63) is 11.6 Å². The molecule has 0 aliphatic heterocycles. The third kappa shape index (κ3) is 3.61. The van der Waals surface area contributed by atoms with Crippen molar-refractivity contribution < 1.29 is 9.53 Å². The summed E-state index contributed by atoms with van der Waals surface area (Å²) in [4.78, 5) is 12.2. The van der Waals surface area contributed by atoms with Gasteiger partial charge in [-0.05, 0) is 43.9 Å². The second-order valence-corrected chi connectivity index (χ2v) is 6.07. The van der Waals surface area contributed by atoms with Gasteiger partial charge in [-0.3, -0.25) is 0 Å². The molecule has 3 atom stereocenters. The predicted octanol–water partition coefficient (Wildman–Crippen LogP) is 4.63. The lowest BCUT2D eigenvalue weighted by molar-refractivity contribution is -0.146. The van der Waals surface area contributed by atoms with Crippen LogP contribution in [0.1, 0.15) is 71.6 Å². The third-order valence-electron chi connectivity index (χ3n) is 4.87. The summed E-state index contributed by atoms with van der Waals surface area (Å²) in [7, 11) is 0. The zero-order chi connectivity index (χ0) is 13.7. The third-order valence-corrected chi connectivity index (χ3v) is 4.87. The summed E-state index contributed by atoms with van der Waals surface area (Å²) in [6, 6.07) is 0. The number of allylic oxidation sites excluding steroid dienone is 1. The average molecular weight is 264 g/mol. The Balaban J connectivity index is 1.95. The van der Waals surface area contributed by atoms with Crippen LogP contribution in [-0.2, 0) is 9.53 Å². The van der Waals surface area contributed by atoms with E-state index in [1.54, 1.807) is 0 Å². The molecule has 0 aromatic carbocycles. The van der Waals surface area contributed by atoms with Crippen molar-refractivity contribution >= 4 is 5.97 Å². The van der Waals surface area contributed by atoms with Gasteiger partial charge in [0.2, 0.25) is 0 Å². The number of esters is 1. The molecule has 0 aromatic rings. The van der Waals surface area contributed by atoms with E-state index in [1.165, 1.54) is 38.5 Å². The van der Waals surface area contributed by atoms with Gasteiger partial charge in [-0.2, -0.15) is 0 Å². The fourth-order valence-corrected chi connectivity index (χ4v) is 3.83. The van der Waals surface area contributed by atoms with Crippen LogP contribution in [0.4, 0.5) is 0 Å². The Hall–Kier alpha value is -0.790. The predicted molar refractivity (Wildman–Crippen MR) is 77.8 cm³/mol. The van der Waals surface area contributed by atoms with Crippen LogP contribution < -0.4 is 0 Å². The van der Waals surface area contributed by atoms with Gasteiger partial charge in [-0.1, -0.05) is 45.6 Å². The topological polar surface area (TPSA) is 26.3 Å². The van der Waals surface area contributed by atoms with Gasteiger partial charge in [0, 0.05) is 5.57 Å². The summed E-state index contributed by atoms with van der Waals surface area (Å²) in [6.45, 7) is 4.10. The molecule has 2 aliphatic carbocycles. The molecule has 2 rings (SSSR count). The van der Waals surface area contributed by atoms with Crippen LogP contribution in [0.3, 0.4) is 0 Å². The first-order valence-corrected chi connectivity index (χ1v) is 8.16. The van der Waals surface area contributed by atoms with Gasteiger partial charge in [0.15, 0.2) is 0 Å². The number of carbonyl (C=O) groups is 1. The van der Waals surface area contributed by atoms with E-state index in [-0.39, 0.29) is 12.1 Å². The maximum Gasteiger partial charge on any atom is 0.333 e. The normalized spacial score (nSPS) is 31.7. The van der Waals surface area contributed by atoms with Crippen molar-refractivity contribution in [2.75, 3.05) is 0 Å². The van der Waals surface area contributed by atoms with Crippen LogP contribution in [0.5, 0.6) is 0 Å². The number of fused-ring (bicyclic) bond motifs is 1. The van der Waals surface area contributed by atoms with E-state index in [9.17, 15) is 4.79 Å². The smallest absolute Gasteiger partial charge is 0.333 e. The molecule has 2 heteroatoms. The Morgan fingerprint density at radius 2 is 1.89 bits per heavy atom. The Labute approximate surface area is 117 Å². The molecule has 2 saturated carbocycles. The van der Waals surface area contributed by atoms with Gasteiger partial charge >= 0.3 is 5.97 Å². The second kappa shape index (κ2) is 7.12. The first kappa shape index (κ1) is 14.6. The van der Waals surface area contributed by atoms with E-state index < -0.39 is 0 Å². The minimum absolute atomic E-state index is 0.0563. The van der Waals surface area contributed by atoms with Crippen molar-refractivity contribution in [1.82, 2.24) is 0 Å². The summed E-state index contributed by atoms with van der Waals surface area (Å²) in [5.74, 6) is 1.41. The van der Waals surface area contributed by atoms with E-state index in [0.717, 1.165) is 30.8 Å². The average Bonchev–Trinajstić information content (AvgIpc) is 2.64. The standard InChI is InChI=1S/C17H28O2/c1-3-8-13(4-2)17(18)19-16-12-11-14-9-6-5-7-10-15(14)16/h8,14-16H,3-7,9-12H2,1-2H3. The van der Waals surface area contributed by atoms with Crippen molar-refractivity contribution in [3.63, 3.8) is 0 Å². The lowest BCUT2D eigenvalue weighted by Gasteiger charge is -2.23. The highest BCUT2D eigenvalue weighted by Crippen LogP contribution is 2.42. The Morgan fingerprint density at radius 3 is 2.63 bits per heavy atom. The van der Waals surface area contributed by atoms with Crippen LogP contribution in [-0.4, -0.2) is 12.1 Å². The highest BCUT2D eigenvalue weighted by Gasteiger charge is 2.38. The molecule has 108 valence electrons. The van der Waals surface area contributed by atoms with Gasteiger partial charge in [-0.25, -0.2) is 4.79 Å². The molecule has 0 N–H and O–H groups in total. The van der Waals surface area contributed by atoms with Crippen LogP contribution in [0.15, 0.2) is 11.6 Å². The summed E-state index contributed by atoms with van der Waals surface area (Å²) < 4.78 is 5.83. The largest absolute Gasteiger partial charge is 0.459 e. The van der Waals surface area contributed by atoms with Gasteiger partial charge in [0.1, 0.15) is 6.10 Å². The minimum atomic E-state index is -0.0563. The zero-order valence-electron chi connectivity index (χ0n) is 12.5. The Kier molecular flexibility index (Phi) is 5.47. The van der Waals surface area contributed by atoms with Gasteiger partial charge < -0.3 is 4.74 Å². The van der Waals surface area contributed by atoms with Crippen molar-refractivity contribution in [3.8, 4) is 0 Å². The minimum Gasteiger partial charge on any atom is -0.459 e. The SMILES string of the molecule is CCC=C(CC)C(=O)OC1CCC2CCCCCC21. The molecule has 0 heterocycles. The molecule has 0 saturated heterocycles. The van der Waals surface area contributed by atoms with Gasteiger partial charge in [0.25, 0.3) is 0 Å². The molecule has 0 amide bonds. The highest BCUT2D eigenvalue weighted by molar-refractivity contribution is 5.88. The Bertz CT molecular complexity index is 332. The molecule has 2 nitrogen and oxygen atoms in total. The van der Waals surface area contributed by atoms with Crippen LogP contribution in [0.2, 0.25) is 0 Å². The van der Waals surface area contributed by atoms with E-state index in [0.29, 0.717) is 5.92 Å². The van der Waals surface area contributed by atoms with Crippen molar-refractivity contribution in [2.24, 2.45) is 11.8 Å². The maximum absolute atomic E-state index is 12.2. The second-order valence-electron chi connectivity index (χ2n) is 6.07. The molecule has 2 fully saturated rings. The molecular weight excluding hydrogens is 236 g/mol. The lowest BCUT2D eigenvalue weighted by atomic mass is 9.90.